The topological polar surface area (TPSA) is 73.6 Å². The van der Waals surface area contributed by atoms with E-state index < -0.39 is 23.0 Å². The molecule has 1 saturated heterocycles. The first-order valence-corrected chi connectivity index (χ1v) is 10.4. The molecule has 164 valence electrons. The number of ether oxygens (including phenoxy) is 1. The van der Waals surface area contributed by atoms with Gasteiger partial charge in [-0.15, -0.1) is 0 Å². The number of nitrogens with zero attached hydrogens (tertiary/aromatic N) is 2. The van der Waals surface area contributed by atoms with Gasteiger partial charge in [0, 0.05) is 0 Å². The van der Waals surface area contributed by atoms with Gasteiger partial charge in [0.25, 0.3) is 0 Å². The Hall–Kier alpha value is -2.91. The number of benzene rings is 2. The third kappa shape index (κ3) is 4.28. The number of carbonyl (C=O) groups excluding carboxylic acids is 1. The summed E-state index contributed by atoms with van der Waals surface area (Å²) >= 11 is 0. The zero-order chi connectivity index (χ0) is 23.0. The zero-order valence-electron chi connectivity index (χ0n) is 18.6. The summed E-state index contributed by atoms with van der Waals surface area (Å²) in [4.78, 5) is 13.6. The fraction of sp³-hybridized carbons (Fsp3) is 0.440. The second kappa shape index (κ2) is 7.97. The molecule has 0 unspecified atom stereocenters. The smallest absolute Gasteiger partial charge is 0.410 e. The van der Waals surface area contributed by atoms with E-state index in [-0.39, 0.29) is 24.6 Å². The molecule has 1 aliphatic rings. The van der Waals surface area contributed by atoms with Crippen molar-refractivity contribution in [2.75, 3.05) is 13.1 Å². The molecular weight excluding hydrogens is 395 g/mol. The summed E-state index contributed by atoms with van der Waals surface area (Å²) in [5, 5.41) is 21.1. The van der Waals surface area contributed by atoms with Crippen LogP contribution in [0.1, 0.15) is 62.8 Å². The Labute approximate surface area is 183 Å². The Bertz CT molecular complexity index is 999. The molecule has 1 heterocycles. The van der Waals surface area contributed by atoms with E-state index in [1.54, 1.807) is 51.1 Å². The monoisotopic (exact) mass is 424 g/mol. The van der Waals surface area contributed by atoms with Crippen LogP contribution in [0.4, 0.5) is 9.18 Å². The number of hydrogen-bond acceptors (Lipinski definition) is 4. The van der Waals surface area contributed by atoms with Crippen molar-refractivity contribution in [1.82, 2.24) is 4.90 Å². The summed E-state index contributed by atoms with van der Waals surface area (Å²) in [6.45, 7) is 8.70. The van der Waals surface area contributed by atoms with Crippen molar-refractivity contribution in [3.8, 4) is 6.07 Å². The highest BCUT2D eigenvalue weighted by atomic mass is 19.1. The molecule has 2 aromatic rings. The van der Waals surface area contributed by atoms with E-state index >= 15 is 4.39 Å². The highest BCUT2D eigenvalue weighted by Gasteiger charge is 2.62. The first-order valence-electron chi connectivity index (χ1n) is 10.4. The maximum atomic E-state index is 16.3. The van der Waals surface area contributed by atoms with Crippen LogP contribution in [0, 0.1) is 11.3 Å². The summed E-state index contributed by atoms with van der Waals surface area (Å²) in [6, 6.07) is 15.5. The van der Waals surface area contributed by atoms with E-state index in [1.165, 1.54) is 11.0 Å². The minimum absolute atomic E-state index is 0.273. The van der Waals surface area contributed by atoms with Gasteiger partial charge in [0.2, 0.25) is 0 Å². The van der Waals surface area contributed by atoms with Gasteiger partial charge < -0.3 is 14.7 Å². The maximum absolute atomic E-state index is 16.3. The number of carbonyl (C=O) groups is 1. The summed E-state index contributed by atoms with van der Waals surface area (Å²) in [7, 11) is 0. The van der Waals surface area contributed by atoms with Crippen molar-refractivity contribution in [3.63, 3.8) is 0 Å². The number of rotatable bonds is 4. The number of alkyl halides is 1. The number of amides is 1. The van der Waals surface area contributed by atoms with Crippen molar-refractivity contribution in [2.24, 2.45) is 0 Å². The average Bonchev–Trinajstić information content (AvgIpc) is 2.69. The number of hydrogen-bond donors (Lipinski definition) is 1. The lowest BCUT2D eigenvalue weighted by Gasteiger charge is -2.52. The highest BCUT2D eigenvalue weighted by Crippen LogP contribution is 2.47. The average molecular weight is 425 g/mol. The van der Waals surface area contributed by atoms with Crippen molar-refractivity contribution in [2.45, 2.75) is 57.4 Å². The van der Waals surface area contributed by atoms with Crippen LogP contribution < -0.4 is 0 Å². The molecule has 1 fully saturated rings. The van der Waals surface area contributed by atoms with E-state index in [9.17, 15) is 15.2 Å². The molecular formula is C25H29FN2O3. The van der Waals surface area contributed by atoms with Gasteiger partial charge in [-0.05, 0) is 55.5 Å². The Kier molecular flexibility index (Phi) is 5.86. The zero-order valence-corrected chi connectivity index (χ0v) is 18.6. The SMILES string of the molecule is CC(C)c1ccc([C@](O)(c2cccc(C#N)c2)C2(F)CN(C(=O)OC(C)(C)C)C2)cc1. The van der Waals surface area contributed by atoms with E-state index in [0.717, 1.165) is 5.56 Å². The minimum atomic E-state index is -2.14. The Morgan fingerprint density at radius 3 is 2.29 bits per heavy atom. The molecule has 0 saturated carbocycles. The predicted molar refractivity (Wildman–Crippen MR) is 116 cm³/mol. The van der Waals surface area contributed by atoms with Crippen LogP contribution in [0.15, 0.2) is 48.5 Å². The summed E-state index contributed by atoms with van der Waals surface area (Å²) < 4.78 is 21.6. The molecule has 0 radical (unpaired) electrons. The predicted octanol–water partition coefficient (Wildman–Crippen LogP) is 4.88. The number of aliphatic hydroxyl groups is 1. The number of nitriles is 1. The molecule has 0 aliphatic carbocycles. The van der Waals surface area contributed by atoms with Gasteiger partial charge in [0.05, 0.1) is 24.7 Å². The molecule has 5 nitrogen and oxygen atoms in total. The quantitative estimate of drug-likeness (QED) is 0.759. The Morgan fingerprint density at radius 2 is 1.77 bits per heavy atom. The van der Waals surface area contributed by atoms with Crippen molar-refractivity contribution in [3.05, 3.63) is 70.8 Å². The van der Waals surface area contributed by atoms with E-state index in [0.29, 0.717) is 11.1 Å². The first kappa shape index (κ1) is 22.8. The minimum Gasteiger partial charge on any atom is -0.444 e. The standard InChI is InChI=1S/C25H29FN2O3/c1-17(2)19-9-11-20(12-10-19)25(30,21-8-6-7-18(13-21)14-27)24(26)15-28(16-24)22(29)31-23(3,4)5/h6-13,17,30H,15-16H2,1-5H3/t25-/m0/s1. The van der Waals surface area contributed by atoms with Gasteiger partial charge in [-0.25, -0.2) is 9.18 Å². The van der Waals surface area contributed by atoms with Crippen LogP contribution in [0.2, 0.25) is 0 Å². The van der Waals surface area contributed by atoms with Crippen LogP contribution in [0.25, 0.3) is 0 Å². The van der Waals surface area contributed by atoms with Crippen LogP contribution in [0.3, 0.4) is 0 Å². The van der Waals surface area contributed by atoms with Crippen LogP contribution in [-0.4, -0.2) is 40.5 Å². The summed E-state index contributed by atoms with van der Waals surface area (Å²) in [5.41, 5.74) is -2.84. The van der Waals surface area contributed by atoms with Crippen molar-refractivity contribution in [1.29, 1.82) is 5.26 Å². The molecule has 1 atom stereocenters. The van der Waals surface area contributed by atoms with Crippen LogP contribution in [-0.2, 0) is 10.3 Å². The summed E-state index contributed by atoms with van der Waals surface area (Å²) in [5.74, 6) is 0.287. The van der Waals surface area contributed by atoms with Gasteiger partial charge in [-0.3, -0.25) is 0 Å². The molecule has 31 heavy (non-hydrogen) atoms. The molecule has 0 spiro atoms. The second-order valence-electron chi connectivity index (χ2n) is 9.48. The highest BCUT2D eigenvalue weighted by molar-refractivity contribution is 5.70. The van der Waals surface area contributed by atoms with E-state index in [4.69, 9.17) is 4.74 Å². The third-order valence-corrected chi connectivity index (χ3v) is 5.59. The van der Waals surface area contributed by atoms with E-state index in [2.05, 4.69) is 13.8 Å². The lowest BCUT2D eigenvalue weighted by Crippen LogP contribution is -2.70. The van der Waals surface area contributed by atoms with Crippen LogP contribution in [0.5, 0.6) is 0 Å². The molecule has 3 rings (SSSR count). The number of likely N-dealkylation sites (tertiary alicyclic amines) is 1. The Balaban J connectivity index is 2.01. The van der Waals surface area contributed by atoms with Gasteiger partial charge in [0.15, 0.2) is 11.3 Å². The molecule has 6 heteroatoms. The van der Waals surface area contributed by atoms with Crippen molar-refractivity contribution >= 4 is 6.09 Å². The molecule has 0 bridgehead atoms. The van der Waals surface area contributed by atoms with Gasteiger partial charge in [-0.1, -0.05) is 50.2 Å². The largest absolute Gasteiger partial charge is 0.444 e. The molecule has 1 aliphatic heterocycles. The molecule has 1 amide bonds. The summed E-state index contributed by atoms with van der Waals surface area (Å²) in [6.07, 6.45) is -0.621. The van der Waals surface area contributed by atoms with Gasteiger partial charge in [-0.2, -0.15) is 5.26 Å². The second-order valence-corrected chi connectivity index (χ2v) is 9.48. The number of halogens is 1. The van der Waals surface area contributed by atoms with E-state index in [1.807, 2.05) is 18.2 Å². The van der Waals surface area contributed by atoms with Gasteiger partial charge >= 0.3 is 6.09 Å². The van der Waals surface area contributed by atoms with Crippen molar-refractivity contribution < 1.29 is 19.0 Å². The molecule has 0 aromatic heterocycles. The molecule has 2 aromatic carbocycles. The first-order chi connectivity index (χ1) is 14.4. The third-order valence-electron chi connectivity index (χ3n) is 5.59. The fourth-order valence-corrected chi connectivity index (χ4v) is 3.85. The lowest BCUT2D eigenvalue weighted by molar-refractivity contribution is -0.155. The maximum Gasteiger partial charge on any atom is 0.410 e. The lowest BCUT2D eigenvalue weighted by atomic mass is 9.70. The fourth-order valence-electron chi connectivity index (χ4n) is 3.85. The van der Waals surface area contributed by atoms with Crippen LogP contribution >= 0.6 is 0 Å². The molecule has 1 N–H and O–H groups in total. The normalized spacial score (nSPS) is 17.5. The Morgan fingerprint density at radius 1 is 1.16 bits per heavy atom. The van der Waals surface area contributed by atoms with Gasteiger partial charge in [0.1, 0.15) is 5.60 Å².